The van der Waals surface area contributed by atoms with Crippen molar-refractivity contribution in [2.45, 2.75) is 51.7 Å². The summed E-state index contributed by atoms with van der Waals surface area (Å²) in [4.78, 5) is 2.69. The summed E-state index contributed by atoms with van der Waals surface area (Å²) in [5.74, 6) is 0. The van der Waals surface area contributed by atoms with Gasteiger partial charge in [-0.05, 0) is 68.0 Å². The van der Waals surface area contributed by atoms with Crippen molar-refractivity contribution in [1.82, 2.24) is 9.47 Å². The standard InChI is InChI=1S/C23H25ClN2/c1-16-9-10-21-20(13-16)19-7-3-8-22-23(19)26(21)12-4-11-25(22)15-17-5-2-6-18(24)14-17/h2,5-6,9-10,13-14,22H,3-4,7-8,11-12,15H2,1H3. The van der Waals surface area contributed by atoms with Crippen LogP contribution in [0.3, 0.4) is 0 Å². The summed E-state index contributed by atoms with van der Waals surface area (Å²) in [5.41, 5.74) is 7.34. The van der Waals surface area contributed by atoms with Gasteiger partial charge in [0.15, 0.2) is 0 Å². The molecule has 1 aliphatic heterocycles. The minimum absolute atomic E-state index is 0.535. The lowest BCUT2D eigenvalue weighted by Gasteiger charge is -2.33. The highest BCUT2D eigenvalue weighted by Gasteiger charge is 2.33. The quantitative estimate of drug-likeness (QED) is 0.550. The van der Waals surface area contributed by atoms with Crippen molar-refractivity contribution < 1.29 is 0 Å². The number of halogens is 1. The molecule has 2 aliphatic rings. The van der Waals surface area contributed by atoms with Gasteiger partial charge in [-0.25, -0.2) is 0 Å². The van der Waals surface area contributed by atoms with E-state index >= 15 is 0 Å². The number of aromatic nitrogens is 1. The Balaban J connectivity index is 1.60. The second kappa shape index (κ2) is 6.44. The molecule has 0 N–H and O–H groups in total. The second-order valence-corrected chi connectivity index (χ2v) is 8.33. The first-order valence-electron chi connectivity index (χ1n) is 9.81. The van der Waals surface area contributed by atoms with Crippen molar-refractivity contribution in [3.8, 4) is 0 Å². The molecule has 5 rings (SSSR count). The van der Waals surface area contributed by atoms with E-state index in [0.717, 1.165) is 24.7 Å². The summed E-state index contributed by atoms with van der Waals surface area (Å²) < 4.78 is 2.63. The van der Waals surface area contributed by atoms with Crippen LogP contribution in [0.25, 0.3) is 10.9 Å². The summed E-state index contributed by atoms with van der Waals surface area (Å²) in [7, 11) is 0. The first-order chi connectivity index (χ1) is 12.7. The molecule has 0 radical (unpaired) electrons. The van der Waals surface area contributed by atoms with Gasteiger partial charge in [0.1, 0.15) is 0 Å². The molecule has 1 aromatic heterocycles. The first kappa shape index (κ1) is 16.4. The zero-order valence-corrected chi connectivity index (χ0v) is 16.1. The van der Waals surface area contributed by atoms with Crippen LogP contribution in [0.2, 0.25) is 5.02 Å². The van der Waals surface area contributed by atoms with E-state index in [2.05, 4.69) is 52.8 Å². The maximum atomic E-state index is 6.23. The van der Waals surface area contributed by atoms with Gasteiger partial charge in [-0.1, -0.05) is 35.4 Å². The average Bonchev–Trinajstić information content (AvgIpc) is 2.82. The van der Waals surface area contributed by atoms with Crippen molar-refractivity contribution in [1.29, 1.82) is 0 Å². The van der Waals surface area contributed by atoms with Gasteiger partial charge >= 0.3 is 0 Å². The molecule has 1 atom stereocenters. The smallest absolute Gasteiger partial charge is 0.0507 e. The van der Waals surface area contributed by atoms with Crippen molar-refractivity contribution in [3.63, 3.8) is 0 Å². The molecule has 2 heterocycles. The van der Waals surface area contributed by atoms with Crippen LogP contribution >= 0.6 is 11.6 Å². The molecule has 2 aromatic carbocycles. The number of nitrogens with zero attached hydrogens (tertiary/aromatic N) is 2. The van der Waals surface area contributed by atoms with Crippen LogP contribution in [0, 0.1) is 6.92 Å². The molecule has 0 bridgehead atoms. The summed E-state index contributed by atoms with van der Waals surface area (Å²) >= 11 is 6.23. The number of rotatable bonds is 2. The topological polar surface area (TPSA) is 8.17 Å². The van der Waals surface area contributed by atoms with Crippen molar-refractivity contribution in [3.05, 3.63) is 69.9 Å². The zero-order valence-electron chi connectivity index (χ0n) is 15.3. The third-order valence-corrected chi connectivity index (χ3v) is 6.37. The summed E-state index contributed by atoms with van der Waals surface area (Å²) in [6.45, 7) is 5.50. The van der Waals surface area contributed by atoms with E-state index in [-0.39, 0.29) is 0 Å². The van der Waals surface area contributed by atoms with E-state index in [1.165, 1.54) is 47.7 Å². The van der Waals surface area contributed by atoms with Gasteiger partial charge in [0.05, 0.1) is 6.04 Å². The van der Waals surface area contributed by atoms with Gasteiger partial charge in [0.25, 0.3) is 0 Å². The third-order valence-electron chi connectivity index (χ3n) is 6.13. The summed E-state index contributed by atoms with van der Waals surface area (Å²) in [5, 5.41) is 2.33. The Morgan fingerprint density at radius 2 is 2.00 bits per heavy atom. The van der Waals surface area contributed by atoms with Crippen molar-refractivity contribution >= 4 is 22.5 Å². The van der Waals surface area contributed by atoms with Gasteiger partial charge < -0.3 is 4.57 Å². The Bertz CT molecular complexity index is 968. The molecule has 0 spiro atoms. The van der Waals surface area contributed by atoms with E-state index in [1.807, 2.05) is 6.07 Å². The highest BCUT2D eigenvalue weighted by molar-refractivity contribution is 6.30. The Hall–Kier alpha value is -1.77. The Morgan fingerprint density at radius 3 is 2.88 bits per heavy atom. The molecule has 134 valence electrons. The maximum Gasteiger partial charge on any atom is 0.0507 e. The monoisotopic (exact) mass is 364 g/mol. The number of benzene rings is 2. The minimum atomic E-state index is 0.535. The molecule has 1 aliphatic carbocycles. The molecule has 3 aromatic rings. The van der Waals surface area contributed by atoms with E-state index in [1.54, 1.807) is 11.3 Å². The predicted molar refractivity (Wildman–Crippen MR) is 109 cm³/mol. The molecule has 3 heteroatoms. The van der Waals surface area contributed by atoms with Crippen LogP contribution in [0.4, 0.5) is 0 Å². The number of fused-ring (bicyclic) bond motifs is 3. The molecule has 0 amide bonds. The lowest BCUT2D eigenvalue weighted by atomic mass is 9.90. The van der Waals surface area contributed by atoms with Crippen molar-refractivity contribution in [2.75, 3.05) is 6.54 Å². The fourth-order valence-corrected chi connectivity index (χ4v) is 5.27. The number of hydrogen-bond donors (Lipinski definition) is 0. The van der Waals surface area contributed by atoms with Gasteiger partial charge in [0.2, 0.25) is 0 Å². The molecular formula is C23H25ClN2. The molecule has 2 nitrogen and oxygen atoms in total. The highest BCUT2D eigenvalue weighted by Crippen LogP contribution is 2.42. The minimum Gasteiger partial charge on any atom is -0.343 e. The fourth-order valence-electron chi connectivity index (χ4n) is 5.05. The van der Waals surface area contributed by atoms with Gasteiger partial charge in [-0.3, -0.25) is 4.90 Å². The highest BCUT2D eigenvalue weighted by atomic mass is 35.5. The molecule has 0 saturated carbocycles. The lowest BCUT2D eigenvalue weighted by molar-refractivity contribution is 0.173. The molecular weight excluding hydrogens is 340 g/mol. The average molecular weight is 365 g/mol. The predicted octanol–water partition coefficient (Wildman–Crippen LogP) is 5.89. The van der Waals surface area contributed by atoms with Gasteiger partial charge in [-0.2, -0.15) is 0 Å². The largest absolute Gasteiger partial charge is 0.343 e. The maximum absolute atomic E-state index is 6.23. The summed E-state index contributed by atoms with van der Waals surface area (Å²) in [6.07, 6.45) is 4.99. The third kappa shape index (κ3) is 2.67. The molecule has 26 heavy (non-hydrogen) atoms. The first-order valence-corrected chi connectivity index (χ1v) is 10.2. The van der Waals surface area contributed by atoms with Crippen molar-refractivity contribution in [2.24, 2.45) is 0 Å². The van der Waals surface area contributed by atoms with E-state index in [9.17, 15) is 0 Å². The fraction of sp³-hybridized carbons (Fsp3) is 0.391. The normalized spacial score (nSPS) is 20.2. The van der Waals surface area contributed by atoms with Gasteiger partial charge in [-0.15, -0.1) is 0 Å². The zero-order chi connectivity index (χ0) is 17.7. The molecule has 0 fully saturated rings. The van der Waals surface area contributed by atoms with Crippen LogP contribution in [0.1, 0.15) is 47.7 Å². The van der Waals surface area contributed by atoms with E-state index < -0.39 is 0 Å². The van der Waals surface area contributed by atoms with Crippen LogP contribution in [0.5, 0.6) is 0 Å². The Kier molecular flexibility index (Phi) is 4.06. The van der Waals surface area contributed by atoms with Crippen LogP contribution in [-0.4, -0.2) is 16.0 Å². The van der Waals surface area contributed by atoms with E-state index in [4.69, 9.17) is 11.6 Å². The number of hydrogen-bond acceptors (Lipinski definition) is 1. The van der Waals surface area contributed by atoms with Gasteiger partial charge in [0, 0.05) is 41.3 Å². The number of aryl methyl sites for hydroxylation is 3. The second-order valence-electron chi connectivity index (χ2n) is 7.90. The SMILES string of the molecule is Cc1ccc2c(c1)c1c3n2CCCN(Cc2cccc(Cl)c2)C3CCC1. The van der Waals surface area contributed by atoms with Crippen LogP contribution in [-0.2, 0) is 19.5 Å². The van der Waals surface area contributed by atoms with Crippen LogP contribution < -0.4 is 0 Å². The Labute approximate surface area is 160 Å². The Morgan fingerprint density at radius 1 is 1.08 bits per heavy atom. The van der Waals surface area contributed by atoms with Crippen LogP contribution in [0.15, 0.2) is 42.5 Å². The molecule has 0 saturated heterocycles. The summed E-state index contributed by atoms with van der Waals surface area (Å²) in [6, 6.07) is 15.9. The lowest BCUT2D eigenvalue weighted by Crippen LogP contribution is -2.31. The van der Waals surface area contributed by atoms with E-state index in [0.29, 0.717) is 6.04 Å². The molecule has 1 unspecified atom stereocenters.